The van der Waals surface area contributed by atoms with Crippen LogP contribution in [0.3, 0.4) is 0 Å². The Balaban J connectivity index is 1.82. The van der Waals surface area contributed by atoms with Gasteiger partial charge >= 0.3 is 0 Å². The third-order valence-corrected chi connectivity index (χ3v) is 5.05. The summed E-state index contributed by atoms with van der Waals surface area (Å²) in [6, 6.07) is 20.2. The van der Waals surface area contributed by atoms with Crippen LogP contribution in [0.1, 0.15) is 11.1 Å². The summed E-state index contributed by atoms with van der Waals surface area (Å²) in [6.45, 7) is 0.292. The average molecular weight is 508 g/mol. The highest BCUT2D eigenvalue weighted by molar-refractivity contribution is 9.10. The van der Waals surface area contributed by atoms with Crippen molar-refractivity contribution in [3.63, 3.8) is 0 Å². The van der Waals surface area contributed by atoms with Crippen LogP contribution in [-0.4, -0.2) is 17.9 Å². The van der Waals surface area contributed by atoms with Crippen LogP contribution in [-0.2, 0) is 11.4 Å². The van der Waals surface area contributed by atoms with Gasteiger partial charge in [-0.3, -0.25) is 14.9 Å². The van der Waals surface area contributed by atoms with Gasteiger partial charge < -0.3 is 14.8 Å². The van der Waals surface area contributed by atoms with Gasteiger partial charge in [-0.1, -0.05) is 46.3 Å². The zero-order chi connectivity index (χ0) is 23.8. The number of para-hydroxylation sites is 2. The van der Waals surface area contributed by atoms with Gasteiger partial charge in [-0.05, 0) is 47.5 Å². The maximum absolute atomic E-state index is 12.6. The molecule has 0 atom stereocenters. The molecule has 0 unspecified atom stereocenters. The van der Waals surface area contributed by atoms with Crippen LogP contribution >= 0.6 is 15.9 Å². The molecule has 0 aliphatic carbocycles. The monoisotopic (exact) mass is 507 g/mol. The largest absolute Gasteiger partial charge is 0.493 e. The lowest BCUT2D eigenvalue weighted by atomic mass is 10.1. The number of nitro benzene ring substituents is 1. The SMILES string of the molecule is COc1ccc(/C=C(\C#N)C(=O)Nc2ccccc2[N+](=O)[O-])cc1OCc1ccc(Br)cc1. The second kappa shape index (κ2) is 10.9. The molecule has 0 fully saturated rings. The Kier molecular flexibility index (Phi) is 7.78. The van der Waals surface area contributed by atoms with Crippen molar-refractivity contribution in [3.05, 3.63) is 98.0 Å². The fourth-order valence-electron chi connectivity index (χ4n) is 2.88. The number of ether oxygens (including phenoxy) is 2. The molecular formula is C24H18BrN3O5. The first-order valence-electron chi connectivity index (χ1n) is 9.63. The molecule has 0 radical (unpaired) electrons. The smallest absolute Gasteiger partial charge is 0.292 e. The quantitative estimate of drug-likeness (QED) is 0.186. The molecule has 8 nitrogen and oxygen atoms in total. The van der Waals surface area contributed by atoms with E-state index in [-0.39, 0.29) is 16.9 Å². The van der Waals surface area contributed by atoms with Crippen molar-refractivity contribution in [3.8, 4) is 17.6 Å². The lowest BCUT2D eigenvalue weighted by Gasteiger charge is -2.12. The van der Waals surface area contributed by atoms with Crippen molar-refractivity contribution in [2.24, 2.45) is 0 Å². The number of halogens is 1. The first-order chi connectivity index (χ1) is 15.9. The summed E-state index contributed by atoms with van der Waals surface area (Å²) >= 11 is 3.39. The molecule has 0 heterocycles. The Labute approximate surface area is 198 Å². The van der Waals surface area contributed by atoms with E-state index in [9.17, 15) is 20.2 Å². The van der Waals surface area contributed by atoms with Crippen LogP contribution in [0, 0.1) is 21.4 Å². The number of nitriles is 1. The molecule has 0 saturated carbocycles. The molecule has 0 aromatic heterocycles. The summed E-state index contributed by atoms with van der Waals surface area (Å²) in [5.41, 5.74) is 0.980. The summed E-state index contributed by atoms with van der Waals surface area (Å²) in [5, 5.41) is 23.1. The van der Waals surface area contributed by atoms with Gasteiger partial charge in [0.05, 0.1) is 12.0 Å². The van der Waals surface area contributed by atoms with E-state index < -0.39 is 10.8 Å². The molecule has 0 aliphatic rings. The fourth-order valence-corrected chi connectivity index (χ4v) is 3.15. The highest BCUT2D eigenvalue weighted by Crippen LogP contribution is 2.30. The van der Waals surface area contributed by atoms with E-state index in [2.05, 4.69) is 21.2 Å². The summed E-state index contributed by atoms with van der Waals surface area (Å²) in [4.78, 5) is 23.1. The molecule has 3 rings (SSSR count). The lowest BCUT2D eigenvalue weighted by molar-refractivity contribution is -0.383. The molecular weight excluding hydrogens is 490 g/mol. The Morgan fingerprint density at radius 3 is 2.55 bits per heavy atom. The summed E-state index contributed by atoms with van der Waals surface area (Å²) in [6.07, 6.45) is 1.37. The number of nitro groups is 1. The van der Waals surface area contributed by atoms with Gasteiger partial charge in [0.2, 0.25) is 0 Å². The van der Waals surface area contributed by atoms with Crippen molar-refractivity contribution in [1.29, 1.82) is 5.26 Å². The summed E-state index contributed by atoms with van der Waals surface area (Å²) in [7, 11) is 1.51. The highest BCUT2D eigenvalue weighted by Gasteiger charge is 2.17. The van der Waals surface area contributed by atoms with Gasteiger partial charge in [0.15, 0.2) is 11.5 Å². The number of anilines is 1. The molecule has 0 spiro atoms. The number of carbonyl (C=O) groups is 1. The predicted molar refractivity (Wildman–Crippen MR) is 127 cm³/mol. The Hall–Kier alpha value is -4.16. The second-order valence-electron chi connectivity index (χ2n) is 6.72. The fraction of sp³-hybridized carbons (Fsp3) is 0.0833. The highest BCUT2D eigenvalue weighted by atomic mass is 79.9. The normalized spacial score (nSPS) is 10.8. The number of benzene rings is 3. The lowest BCUT2D eigenvalue weighted by Crippen LogP contribution is -2.14. The van der Waals surface area contributed by atoms with E-state index in [4.69, 9.17) is 9.47 Å². The first kappa shape index (κ1) is 23.5. The molecule has 3 aromatic carbocycles. The Morgan fingerprint density at radius 2 is 1.88 bits per heavy atom. The Morgan fingerprint density at radius 1 is 1.15 bits per heavy atom. The van der Waals surface area contributed by atoms with E-state index in [0.29, 0.717) is 23.7 Å². The standard InChI is InChI=1S/C24H18BrN3O5/c1-32-22-11-8-17(13-23(22)33-15-16-6-9-19(25)10-7-16)12-18(14-26)24(29)27-20-4-2-3-5-21(20)28(30)31/h2-13H,15H2,1H3,(H,27,29)/b18-12+. The topological polar surface area (TPSA) is 114 Å². The first-order valence-corrected chi connectivity index (χ1v) is 10.4. The van der Waals surface area contributed by atoms with Crippen molar-refractivity contribution >= 4 is 39.3 Å². The van der Waals surface area contributed by atoms with Gasteiger partial charge in [0.1, 0.15) is 23.9 Å². The maximum Gasteiger partial charge on any atom is 0.292 e. The van der Waals surface area contributed by atoms with E-state index in [0.717, 1.165) is 10.0 Å². The summed E-state index contributed by atoms with van der Waals surface area (Å²) in [5.74, 6) is 0.164. The number of hydrogen-bond donors (Lipinski definition) is 1. The van der Waals surface area contributed by atoms with Gasteiger partial charge in [-0.25, -0.2) is 0 Å². The number of carbonyl (C=O) groups excluding carboxylic acids is 1. The molecule has 1 N–H and O–H groups in total. The van der Waals surface area contributed by atoms with Crippen LogP contribution in [0.15, 0.2) is 76.8 Å². The zero-order valence-corrected chi connectivity index (χ0v) is 19.0. The van der Waals surface area contributed by atoms with Crippen LogP contribution in [0.4, 0.5) is 11.4 Å². The molecule has 0 bridgehead atoms. The molecule has 33 heavy (non-hydrogen) atoms. The number of methoxy groups -OCH3 is 1. The minimum absolute atomic E-state index is 0.00176. The minimum atomic E-state index is -0.764. The van der Waals surface area contributed by atoms with E-state index in [1.807, 2.05) is 30.3 Å². The van der Waals surface area contributed by atoms with Gasteiger partial charge in [-0.2, -0.15) is 5.26 Å². The third-order valence-electron chi connectivity index (χ3n) is 4.52. The minimum Gasteiger partial charge on any atom is -0.493 e. The van der Waals surface area contributed by atoms with Crippen LogP contribution in [0.5, 0.6) is 11.5 Å². The van der Waals surface area contributed by atoms with E-state index in [1.165, 1.54) is 31.4 Å². The molecule has 1 amide bonds. The average Bonchev–Trinajstić information content (AvgIpc) is 2.82. The number of amides is 1. The van der Waals surface area contributed by atoms with Crippen molar-refractivity contribution in [2.75, 3.05) is 12.4 Å². The number of nitrogens with one attached hydrogen (secondary N) is 1. The van der Waals surface area contributed by atoms with Crippen LogP contribution in [0.2, 0.25) is 0 Å². The van der Waals surface area contributed by atoms with E-state index in [1.54, 1.807) is 24.3 Å². The molecule has 0 aliphatic heterocycles. The van der Waals surface area contributed by atoms with Crippen molar-refractivity contribution < 1.29 is 19.2 Å². The van der Waals surface area contributed by atoms with Crippen LogP contribution in [0.25, 0.3) is 6.08 Å². The number of rotatable bonds is 8. The van der Waals surface area contributed by atoms with Crippen molar-refractivity contribution in [2.45, 2.75) is 6.61 Å². The van der Waals surface area contributed by atoms with Gasteiger partial charge in [-0.15, -0.1) is 0 Å². The second-order valence-corrected chi connectivity index (χ2v) is 7.64. The molecule has 9 heteroatoms. The summed E-state index contributed by atoms with van der Waals surface area (Å²) < 4.78 is 12.2. The molecule has 3 aromatic rings. The van der Waals surface area contributed by atoms with Gasteiger partial charge in [0.25, 0.3) is 11.6 Å². The third kappa shape index (κ3) is 6.18. The zero-order valence-electron chi connectivity index (χ0n) is 17.4. The molecule has 0 saturated heterocycles. The van der Waals surface area contributed by atoms with Crippen LogP contribution < -0.4 is 14.8 Å². The number of nitrogens with zero attached hydrogens (tertiary/aromatic N) is 2. The maximum atomic E-state index is 12.6. The Bertz CT molecular complexity index is 1250. The van der Waals surface area contributed by atoms with Gasteiger partial charge in [0, 0.05) is 10.5 Å². The van der Waals surface area contributed by atoms with Crippen molar-refractivity contribution in [1.82, 2.24) is 0 Å². The van der Waals surface area contributed by atoms with E-state index >= 15 is 0 Å². The predicted octanol–water partition coefficient (Wildman–Crippen LogP) is 5.49. The molecule has 166 valence electrons. The number of hydrogen-bond acceptors (Lipinski definition) is 6.